The minimum Gasteiger partial charge on any atom is -0.382 e. The molecule has 0 heterocycles. The molecular formula is C17H15ClN2. The van der Waals surface area contributed by atoms with Gasteiger partial charge in [0, 0.05) is 16.8 Å². The van der Waals surface area contributed by atoms with Crippen LogP contribution >= 0.6 is 11.6 Å². The average Bonchev–Trinajstić information content (AvgIpc) is 2.44. The first-order valence-electron chi connectivity index (χ1n) is 6.77. The number of nitrogens with zero attached hydrogens (tertiary/aromatic N) is 1. The number of nitriles is 1. The molecule has 2 aromatic rings. The van der Waals surface area contributed by atoms with Crippen LogP contribution in [0.4, 0.5) is 5.69 Å². The van der Waals surface area contributed by atoms with Gasteiger partial charge >= 0.3 is 0 Å². The Kier molecular flexibility index (Phi) is 3.62. The number of anilines is 1. The molecular weight excluding hydrogens is 268 g/mol. The Hall–Kier alpha value is -1.98. The van der Waals surface area contributed by atoms with Crippen LogP contribution in [0.1, 0.15) is 29.9 Å². The second-order valence-electron chi connectivity index (χ2n) is 5.22. The first-order chi connectivity index (χ1) is 9.76. The fourth-order valence-corrected chi connectivity index (χ4v) is 3.00. The second-order valence-corrected chi connectivity index (χ2v) is 5.63. The molecule has 0 aromatic heterocycles. The van der Waals surface area contributed by atoms with Gasteiger partial charge in [0.15, 0.2) is 0 Å². The zero-order valence-electron chi connectivity index (χ0n) is 11.0. The summed E-state index contributed by atoms with van der Waals surface area (Å²) in [6.45, 7) is 0. The first-order valence-corrected chi connectivity index (χ1v) is 7.15. The average molecular weight is 283 g/mol. The lowest BCUT2D eigenvalue weighted by atomic mass is 9.76. The highest BCUT2D eigenvalue weighted by Crippen LogP contribution is 2.41. The molecule has 0 atom stereocenters. The van der Waals surface area contributed by atoms with E-state index in [2.05, 4.69) is 17.5 Å². The molecule has 0 spiro atoms. The summed E-state index contributed by atoms with van der Waals surface area (Å²) in [5, 5.41) is 13.2. The van der Waals surface area contributed by atoms with Crippen LogP contribution < -0.4 is 5.32 Å². The highest BCUT2D eigenvalue weighted by Gasteiger charge is 2.31. The summed E-state index contributed by atoms with van der Waals surface area (Å²) in [5.74, 6) is 0.542. The van der Waals surface area contributed by atoms with Gasteiger partial charge in [-0.15, -0.1) is 0 Å². The van der Waals surface area contributed by atoms with Crippen molar-refractivity contribution in [1.29, 1.82) is 5.26 Å². The van der Waals surface area contributed by atoms with Crippen molar-refractivity contribution in [2.24, 2.45) is 0 Å². The van der Waals surface area contributed by atoms with E-state index in [1.807, 2.05) is 42.5 Å². The first kappa shape index (κ1) is 13.0. The van der Waals surface area contributed by atoms with E-state index in [4.69, 9.17) is 16.9 Å². The van der Waals surface area contributed by atoms with Crippen LogP contribution in [0.2, 0.25) is 5.02 Å². The molecule has 0 amide bonds. The summed E-state index contributed by atoms with van der Waals surface area (Å²) in [7, 11) is 0. The van der Waals surface area contributed by atoms with Crippen molar-refractivity contribution in [3.05, 3.63) is 64.7 Å². The normalized spacial score (nSPS) is 20.8. The monoisotopic (exact) mass is 282 g/mol. The fourth-order valence-electron chi connectivity index (χ4n) is 2.71. The van der Waals surface area contributed by atoms with Gasteiger partial charge in [0.2, 0.25) is 0 Å². The molecule has 2 aromatic carbocycles. The summed E-state index contributed by atoms with van der Waals surface area (Å²) in [5.41, 5.74) is 2.96. The molecule has 0 aliphatic heterocycles. The van der Waals surface area contributed by atoms with Gasteiger partial charge in [0.25, 0.3) is 0 Å². The number of hydrogen-bond donors (Lipinski definition) is 1. The number of halogens is 1. The highest BCUT2D eigenvalue weighted by molar-refractivity contribution is 6.31. The largest absolute Gasteiger partial charge is 0.382 e. The van der Waals surface area contributed by atoms with Crippen molar-refractivity contribution < 1.29 is 0 Å². The fraction of sp³-hybridized carbons (Fsp3) is 0.235. The quantitative estimate of drug-likeness (QED) is 0.895. The molecule has 0 radical (unpaired) electrons. The molecule has 1 saturated carbocycles. The third-order valence-electron chi connectivity index (χ3n) is 3.85. The number of rotatable bonds is 3. The van der Waals surface area contributed by atoms with Crippen LogP contribution in [-0.4, -0.2) is 6.04 Å². The van der Waals surface area contributed by atoms with Crippen molar-refractivity contribution in [2.45, 2.75) is 24.8 Å². The van der Waals surface area contributed by atoms with Gasteiger partial charge in [-0.2, -0.15) is 5.26 Å². The van der Waals surface area contributed by atoms with Crippen LogP contribution in [-0.2, 0) is 0 Å². The lowest BCUT2D eigenvalue weighted by Gasteiger charge is -2.37. The van der Waals surface area contributed by atoms with Crippen LogP contribution in [0.3, 0.4) is 0 Å². The Bertz CT molecular complexity index is 654. The van der Waals surface area contributed by atoms with E-state index in [0.717, 1.165) is 23.6 Å². The van der Waals surface area contributed by atoms with E-state index < -0.39 is 0 Å². The lowest BCUT2D eigenvalue weighted by Crippen LogP contribution is -2.34. The zero-order valence-corrected chi connectivity index (χ0v) is 11.8. The summed E-state index contributed by atoms with van der Waals surface area (Å²) < 4.78 is 0. The molecule has 1 aliphatic rings. The SMILES string of the molecule is N#Cc1cccc(NC2CC(c3ccccc3Cl)C2)c1. The van der Waals surface area contributed by atoms with E-state index >= 15 is 0 Å². The van der Waals surface area contributed by atoms with E-state index in [1.165, 1.54) is 5.56 Å². The van der Waals surface area contributed by atoms with Gasteiger partial charge in [-0.05, 0) is 48.6 Å². The van der Waals surface area contributed by atoms with Crippen molar-refractivity contribution in [2.75, 3.05) is 5.32 Å². The van der Waals surface area contributed by atoms with E-state index in [-0.39, 0.29) is 0 Å². The zero-order chi connectivity index (χ0) is 13.9. The second kappa shape index (κ2) is 5.56. The summed E-state index contributed by atoms with van der Waals surface area (Å²) >= 11 is 6.22. The summed E-state index contributed by atoms with van der Waals surface area (Å²) in [6, 6.07) is 18.3. The molecule has 1 aliphatic carbocycles. The number of benzene rings is 2. The Balaban J connectivity index is 1.61. The summed E-state index contributed by atoms with van der Waals surface area (Å²) in [6.07, 6.45) is 2.17. The molecule has 0 bridgehead atoms. The topological polar surface area (TPSA) is 35.8 Å². The van der Waals surface area contributed by atoms with Crippen LogP contribution in [0.25, 0.3) is 0 Å². The van der Waals surface area contributed by atoms with Crippen molar-refractivity contribution in [3.8, 4) is 6.07 Å². The maximum Gasteiger partial charge on any atom is 0.0992 e. The van der Waals surface area contributed by atoms with Crippen molar-refractivity contribution >= 4 is 17.3 Å². The Morgan fingerprint density at radius 1 is 1.10 bits per heavy atom. The molecule has 100 valence electrons. The van der Waals surface area contributed by atoms with Gasteiger partial charge in [-0.25, -0.2) is 0 Å². The number of hydrogen-bond acceptors (Lipinski definition) is 2. The van der Waals surface area contributed by atoms with Crippen molar-refractivity contribution in [1.82, 2.24) is 0 Å². The third kappa shape index (κ3) is 2.64. The Morgan fingerprint density at radius 2 is 1.90 bits per heavy atom. The standard InChI is InChI=1S/C17H15ClN2/c18-17-7-2-1-6-16(17)13-9-15(10-13)20-14-5-3-4-12(8-14)11-19/h1-8,13,15,20H,9-10H2. The van der Waals surface area contributed by atoms with E-state index in [9.17, 15) is 0 Å². The molecule has 1 fully saturated rings. The maximum absolute atomic E-state index is 8.90. The molecule has 0 saturated heterocycles. The Morgan fingerprint density at radius 3 is 2.65 bits per heavy atom. The minimum atomic E-state index is 0.463. The van der Waals surface area contributed by atoms with Gasteiger partial charge in [-0.3, -0.25) is 0 Å². The maximum atomic E-state index is 8.90. The highest BCUT2D eigenvalue weighted by atomic mass is 35.5. The van der Waals surface area contributed by atoms with Crippen molar-refractivity contribution in [3.63, 3.8) is 0 Å². The smallest absolute Gasteiger partial charge is 0.0992 e. The van der Waals surface area contributed by atoms with Gasteiger partial charge in [0.1, 0.15) is 0 Å². The van der Waals surface area contributed by atoms with Crippen LogP contribution in [0, 0.1) is 11.3 Å². The number of nitrogens with one attached hydrogen (secondary N) is 1. The lowest BCUT2D eigenvalue weighted by molar-refractivity contribution is 0.374. The van der Waals surface area contributed by atoms with Gasteiger partial charge in [0.05, 0.1) is 11.6 Å². The predicted octanol–water partition coefficient (Wildman–Crippen LogP) is 4.57. The molecule has 3 rings (SSSR count). The van der Waals surface area contributed by atoms with E-state index in [1.54, 1.807) is 0 Å². The third-order valence-corrected chi connectivity index (χ3v) is 4.19. The van der Waals surface area contributed by atoms with Crippen LogP contribution in [0.5, 0.6) is 0 Å². The summed E-state index contributed by atoms with van der Waals surface area (Å²) in [4.78, 5) is 0. The molecule has 2 nitrogen and oxygen atoms in total. The van der Waals surface area contributed by atoms with Gasteiger partial charge in [-0.1, -0.05) is 35.9 Å². The minimum absolute atomic E-state index is 0.463. The molecule has 1 N–H and O–H groups in total. The molecule has 3 heteroatoms. The van der Waals surface area contributed by atoms with Gasteiger partial charge < -0.3 is 5.32 Å². The predicted molar refractivity (Wildman–Crippen MR) is 82.0 cm³/mol. The van der Waals surface area contributed by atoms with E-state index in [0.29, 0.717) is 17.5 Å². The molecule has 20 heavy (non-hydrogen) atoms. The Labute approximate surface area is 124 Å². The van der Waals surface area contributed by atoms with Crippen LogP contribution in [0.15, 0.2) is 48.5 Å². The molecule has 0 unspecified atom stereocenters.